The molecule has 40 heavy (non-hydrogen) atoms. The number of rotatable bonds is 10. The molecular formula is C29H24FN3O7. The second-order valence-electron chi connectivity index (χ2n) is 8.58. The van der Waals surface area contributed by atoms with Gasteiger partial charge in [0.2, 0.25) is 0 Å². The van der Waals surface area contributed by atoms with Gasteiger partial charge >= 0.3 is 6.03 Å². The van der Waals surface area contributed by atoms with Crippen LogP contribution in [0.15, 0.2) is 78.9 Å². The number of halogens is 1. The fourth-order valence-electron chi connectivity index (χ4n) is 4.02. The molecule has 3 aromatic rings. The summed E-state index contributed by atoms with van der Waals surface area (Å²) in [6, 6.07) is 13.0. The van der Waals surface area contributed by atoms with Crippen molar-refractivity contribution in [1.29, 1.82) is 0 Å². The number of ether oxygens (including phenoxy) is 2. The quantitative estimate of drug-likeness (QED) is 0.123. The number of carbonyl (C=O) groups is 3. The van der Waals surface area contributed by atoms with E-state index in [4.69, 9.17) is 9.47 Å². The lowest BCUT2D eigenvalue weighted by Crippen LogP contribution is -2.54. The van der Waals surface area contributed by atoms with E-state index in [0.29, 0.717) is 34.6 Å². The van der Waals surface area contributed by atoms with Gasteiger partial charge in [0, 0.05) is 17.7 Å². The van der Waals surface area contributed by atoms with E-state index in [0.717, 1.165) is 17.0 Å². The molecule has 10 nitrogen and oxygen atoms in total. The molecule has 11 heteroatoms. The minimum atomic E-state index is -0.948. The van der Waals surface area contributed by atoms with E-state index in [-0.39, 0.29) is 30.2 Å². The smallest absolute Gasteiger partial charge is 0.335 e. The number of imide groups is 2. The predicted molar refractivity (Wildman–Crippen MR) is 144 cm³/mol. The van der Waals surface area contributed by atoms with Crippen LogP contribution in [0, 0.1) is 15.9 Å². The number of nitro groups is 1. The zero-order valence-electron chi connectivity index (χ0n) is 21.4. The summed E-state index contributed by atoms with van der Waals surface area (Å²) in [6.07, 6.45) is 3.33. The van der Waals surface area contributed by atoms with Crippen molar-refractivity contribution in [2.75, 3.05) is 11.5 Å². The number of nitrogens with zero attached hydrogens (tertiary/aromatic N) is 2. The van der Waals surface area contributed by atoms with E-state index in [1.165, 1.54) is 30.3 Å². The maximum absolute atomic E-state index is 13.4. The largest absolute Gasteiger partial charge is 0.490 e. The summed E-state index contributed by atoms with van der Waals surface area (Å²) in [6.45, 7) is 5.94. The third-order valence-electron chi connectivity index (χ3n) is 5.85. The molecule has 0 radical (unpaired) electrons. The molecule has 3 aromatic carbocycles. The van der Waals surface area contributed by atoms with E-state index < -0.39 is 28.6 Å². The highest BCUT2D eigenvalue weighted by Gasteiger charge is 2.37. The maximum Gasteiger partial charge on any atom is 0.335 e. The van der Waals surface area contributed by atoms with Crippen LogP contribution in [-0.2, 0) is 22.6 Å². The summed E-state index contributed by atoms with van der Waals surface area (Å²) in [5.41, 5.74) is 1.51. The standard InChI is InChI=1S/C29H24FN3O7/c1-3-5-20-14-19(15-24-27(34)31-29(36)32(28(24)35)22-12-8-21(30)9-13-22)16-25(39-4-2)26(20)40-17-18-6-10-23(11-7-18)33(37)38/h3,6-16H,1,4-5,17H2,2H3,(H,31,34,36)/b24-15+. The van der Waals surface area contributed by atoms with Gasteiger partial charge < -0.3 is 9.47 Å². The Balaban J connectivity index is 1.69. The van der Waals surface area contributed by atoms with Crippen molar-refractivity contribution < 1.29 is 33.2 Å². The van der Waals surface area contributed by atoms with Gasteiger partial charge in [-0.25, -0.2) is 14.1 Å². The van der Waals surface area contributed by atoms with Crippen LogP contribution >= 0.6 is 0 Å². The van der Waals surface area contributed by atoms with Gasteiger partial charge in [-0.15, -0.1) is 6.58 Å². The second kappa shape index (κ2) is 12.0. The van der Waals surface area contributed by atoms with Crippen LogP contribution in [0.2, 0.25) is 0 Å². The first-order chi connectivity index (χ1) is 19.2. The number of hydrogen-bond donors (Lipinski definition) is 1. The lowest BCUT2D eigenvalue weighted by molar-refractivity contribution is -0.384. The SMILES string of the molecule is C=CCc1cc(/C=C2\C(=O)NC(=O)N(c3ccc(F)cc3)C2=O)cc(OCC)c1OCc1ccc([N+](=O)[O-])cc1. The Morgan fingerprint density at radius 2 is 1.75 bits per heavy atom. The molecule has 1 heterocycles. The van der Waals surface area contributed by atoms with Gasteiger partial charge in [-0.05, 0) is 79.1 Å². The van der Waals surface area contributed by atoms with Gasteiger partial charge in [0.1, 0.15) is 18.0 Å². The van der Waals surface area contributed by atoms with Gasteiger partial charge in [0.15, 0.2) is 11.5 Å². The average molecular weight is 546 g/mol. The summed E-state index contributed by atoms with van der Waals surface area (Å²) in [5, 5.41) is 13.1. The number of anilines is 1. The minimum Gasteiger partial charge on any atom is -0.490 e. The Morgan fingerprint density at radius 1 is 1.05 bits per heavy atom. The van der Waals surface area contributed by atoms with E-state index in [1.807, 2.05) is 0 Å². The lowest BCUT2D eigenvalue weighted by atomic mass is 10.0. The molecular weight excluding hydrogens is 521 g/mol. The van der Waals surface area contributed by atoms with Crippen molar-refractivity contribution in [1.82, 2.24) is 5.32 Å². The summed E-state index contributed by atoms with van der Waals surface area (Å²) >= 11 is 0. The molecule has 1 aliphatic heterocycles. The fraction of sp³-hybridized carbons (Fsp3) is 0.138. The van der Waals surface area contributed by atoms with Crippen molar-refractivity contribution >= 4 is 35.3 Å². The third-order valence-corrected chi connectivity index (χ3v) is 5.85. The molecule has 0 unspecified atom stereocenters. The van der Waals surface area contributed by atoms with Crippen molar-refractivity contribution in [2.24, 2.45) is 0 Å². The predicted octanol–water partition coefficient (Wildman–Crippen LogP) is 5.11. The highest BCUT2D eigenvalue weighted by atomic mass is 19.1. The fourth-order valence-corrected chi connectivity index (χ4v) is 4.02. The number of urea groups is 1. The number of amides is 4. The van der Waals surface area contributed by atoms with Crippen LogP contribution in [0.4, 0.5) is 20.6 Å². The number of non-ortho nitro benzene ring substituents is 1. The molecule has 0 atom stereocenters. The number of allylic oxidation sites excluding steroid dienone is 1. The van der Waals surface area contributed by atoms with Gasteiger partial charge in [-0.2, -0.15) is 0 Å². The Kier molecular flexibility index (Phi) is 8.33. The lowest BCUT2D eigenvalue weighted by Gasteiger charge is -2.26. The summed E-state index contributed by atoms with van der Waals surface area (Å²) in [4.78, 5) is 49.5. The van der Waals surface area contributed by atoms with Gasteiger partial charge in [-0.3, -0.25) is 25.0 Å². The molecule has 1 fully saturated rings. The van der Waals surface area contributed by atoms with Crippen molar-refractivity contribution in [3.05, 3.63) is 112 Å². The molecule has 4 rings (SSSR count). The summed E-state index contributed by atoms with van der Waals surface area (Å²) in [7, 11) is 0. The molecule has 4 amide bonds. The van der Waals surface area contributed by atoms with Crippen LogP contribution in [0.25, 0.3) is 6.08 Å². The van der Waals surface area contributed by atoms with Crippen molar-refractivity contribution in [3.63, 3.8) is 0 Å². The minimum absolute atomic E-state index is 0.0375. The zero-order valence-corrected chi connectivity index (χ0v) is 21.4. The first-order valence-corrected chi connectivity index (χ1v) is 12.2. The highest BCUT2D eigenvalue weighted by molar-refractivity contribution is 6.39. The molecule has 1 aliphatic rings. The Hall–Kier alpha value is -5.32. The Bertz CT molecular complexity index is 1520. The third kappa shape index (κ3) is 6.04. The van der Waals surface area contributed by atoms with E-state index in [2.05, 4.69) is 11.9 Å². The van der Waals surface area contributed by atoms with Gasteiger partial charge in [-0.1, -0.05) is 6.08 Å². The van der Waals surface area contributed by atoms with E-state index in [1.54, 1.807) is 37.3 Å². The van der Waals surface area contributed by atoms with Crippen LogP contribution in [0.1, 0.15) is 23.6 Å². The van der Waals surface area contributed by atoms with Gasteiger partial charge in [0.05, 0.1) is 17.2 Å². The molecule has 0 aromatic heterocycles. The number of hydrogen-bond acceptors (Lipinski definition) is 7. The molecule has 0 aliphatic carbocycles. The Morgan fingerprint density at radius 3 is 2.38 bits per heavy atom. The van der Waals surface area contributed by atoms with Crippen molar-refractivity contribution in [3.8, 4) is 11.5 Å². The number of barbiturate groups is 1. The summed E-state index contributed by atoms with van der Waals surface area (Å²) in [5.74, 6) is -1.55. The molecule has 0 bridgehead atoms. The Labute approximate surface area is 228 Å². The first kappa shape index (κ1) is 27.7. The van der Waals surface area contributed by atoms with Crippen LogP contribution in [0.3, 0.4) is 0 Å². The van der Waals surface area contributed by atoms with Crippen molar-refractivity contribution in [2.45, 2.75) is 20.0 Å². The molecule has 1 N–H and O–H groups in total. The van der Waals surface area contributed by atoms with Crippen LogP contribution < -0.4 is 19.7 Å². The normalized spacial score (nSPS) is 14.2. The molecule has 1 saturated heterocycles. The monoisotopic (exact) mass is 545 g/mol. The maximum atomic E-state index is 13.4. The zero-order chi connectivity index (χ0) is 28.8. The molecule has 0 saturated carbocycles. The topological polar surface area (TPSA) is 128 Å². The average Bonchev–Trinajstić information content (AvgIpc) is 2.92. The molecule has 0 spiro atoms. The highest BCUT2D eigenvalue weighted by Crippen LogP contribution is 2.36. The number of nitro benzene ring substituents is 1. The second-order valence-corrected chi connectivity index (χ2v) is 8.58. The molecule has 204 valence electrons. The number of benzene rings is 3. The van der Waals surface area contributed by atoms with Gasteiger partial charge in [0.25, 0.3) is 17.5 Å². The van der Waals surface area contributed by atoms with Crippen LogP contribution in [0.5, 0.6) is 11.5 Å². The summed E-state index contributed by atoms with van der Waals surface area (Å²) < 4.78 is 25.2. The first-order valence-electron chi connectivity index (χ1n) is 12.2. The number of carbonyl (C=O) groups excluding carboxylic acids is 3. The van der Waals surface area contributed by atoms with Crippen LogP contribution in [-0.4, -0.2) is 29.4 Å². The number of nitrogens with one attached hydrogen (secondary N) is 1. The van der Waals surface area contributed by atoms with E-state index >= 15 is 0 Å². The van der Waals surface area contributed by atoms with E-state index in [9.17, 15) is 28.9 Å².